The number of allylic oxidation sites excluding steroid dienone is 4. The molecule has 0 saturated carbocycles. The fourth-order valence-corrected chi connectivity index (χ4v) is 3.18. The number of rotatable bonds is 10. The molecule has 1 atom stereocenters. The molecule has 4 N–H and O–H groups in total. The van der Waals surface area contributed by atoms with Crippen molar-refractivity contribution in [3.05, 3.63) is 45.0 Å². The van der Waals surface area contributed by atoms with Crippen molar-refractivity contribution in [2.24, 2.45) is 0 Å². The highest BCUT2D eigenvalue weighted by atomic mass is 35.5. The zero-order valence-electron chi connectivity index (χ0n) is 17.9. The highest BCUT2D eigenvalue weighted by Crippen LogP contribution is 2.40. The topological polar surface area (TPSA) is 98.0 Å². The zero-order valence-corrected chi connectivity index (χ0v) is 18.7. The van der Waals surface area contributed by atoms with Crippen LogP contribution in [0, 0.1) is 6.92 Å². The van der Waals surface area contributed by atoms with Crippen LogP contribution in [0.1, 0.15) is 74.9 Å². The maximum absolute atomic E-state index is 11.2. The monoisotopic (exact) mass is 424 g/mol. The van der Waals surface area contributed by atoms with E-state index < -0.39 is 11.7 Å². The lowest BCUT2D eigenvalue weighted by atomic mass is 9.95. The summed E-state index contributed by atoms with van der Waals surface area (Å²) < 4.78 is 0. The summed E-state index contributed by atoms with van der Waals surface area (Å²) in [4.78, 5) is 11.2. The Morgan fingerprint density at radius 3 is 2.24 bits per heavy atom. The van der Waals surface area contributed by atoms with Crippen LogP contribution in [0.2, 0.25) is 5.02 Å². The molecule has 0 heterocycles. The Hall–Kier alpha value is -1.82. The van der Waals surface area contributed by atoms with Crippen LogP contribution in [-0.4, -0.2) is 38.4 Å². The summed E-state index contributed by atoms with van der Waals surface area (Å²) in [6.07, 6.45) is 6.89. The lowest BCUT2D eigenvalue weighted by molar-refractivity contribution is -0.0509. The van der Waals surface area contributed by atoms with Gasteiger partial charge in [0.25, 0.3) is 0 Å². The minimum absolute atomic E-state index is 0.0813. The summed E-state index contributed by atoms with van der Waals surface area (Å²) in [7, 11) is 0. The third-order valence-corrected chi connectivity index (χ3v) is 5.66. The molecule has 6 heteroatoms. The molecule has 1 rings (SSSR count). The molecule has 0 spiro atoms. The third-order valence-electron chi connectivity index (χ3n) is 5.20. The van der Waals surface area contributed by atoms with Gasteiger partial charge in [0.2, 0.25) is 0 Å². The van der Waals surface area contributed by atoms with Crippen LogP contribution in [0.5, 0.6) is 11.5 Å². The lowest BCUT2D eigenvalue weighted by Crippen LogP contribution is -2.35. The number of phenolic OH excluding ortho intramolecular Hbond substituents is 2. The van der Waals surface area contributed by atoms with Crippen molar-refractivity contribution in [1.82, 2.24) is 0 Å². The Kier molecular flexibility index (Phi) is 9.40. The second-order valence-electron chi connectivity index (χ2n) is 8.20. The van der Waals surface area contributed by atoms with Gasteiger partial charge in [0.05, 0.1) is 22.3 Å². The van der Waals surface area contributed by atoms with Crippen molar-refractivity contribution in [3.8, 4) is 11.5 Å². The maximum atomic E-state index is 11.2. The number of carbonyl (C=O) groups is 1. The first-order chi connectivity index (χ1) is 13.4. The highest BCUT2D eigenvalue weighted by molar-refractivity contribution is 6.33. The van der Waals surface area contributed by atoms with Gasteiger partial charge in [-0.05, 0) is 72.3 Å². The number of phenols is 2. The molecule has 0 amide bonds. The summed E-state index contributed by atoms with van der Waals surface area (Å²) in [6, 6.07) is 0. The fraction of sp³-hybridized carbons (Fsp3) is 0.522. The van der Waals surface area contributed by atoms with E-state index in [1.54, 1.807) is 20.8 Å². The van der Waals surface area contributed by atoms with Gasteiger partial charge in [0.15, 0.2) is 6.29 Å². The number of aromatic hydroxyl groups is 2. The van der Waals surface area contributed by atoms with Crippen LogP contribution < -0.4 is 0 Å². The number of benzene rings is 1. The van der Waals surface area contributed by atoms with E-state index in [0.29, 0.717) is 24.7 Å². The van der Waals surface area contributed by atoms with E-state index in [4.69, 9.17) is 11.6 Å². The number of hydrogen-bond donors (Lipinski definition) is 4. The molecule has 0 saturated heterocycles. The molecule has 29 heavy (non-hydrogen) atoms. The maximum Gasteiger partial charge on any atom is 0.154 e. The van der Waals surface area contributed by atoms with Gasteiger partial charge in [-0.25, -0.2) is 0 Å². The Balaban J connectivity index is 2.70. The Morgan fingerprint density at radius 2 is 1.69 bits per heavy atom. The largest absolute Gasteiger partial charge is 0.507 e. The minimum Gasteiger partial charge on any atom is -0.507 e. The third kappa shape index (κ3) is 7.18. The lowest BCUT2D eigenvalue weighted by Gasteiger charge is -2.24. The average molecular weight is 425 g/mol. The number of carbonyl (C=O) groups excluding carboxylic acids is 1. The van der Waals surface area contributed by atoms with E-state index in [9.17, 15) is 25.2 Å². The molecule has 1 aromatic rings. The summed E-state index contributed by atoms with van der Waals surface area (Å²) in [5.41, 5.74) is 1.83. The first-order valence-electron chi connectivity index (χ1n) is 9.79. The van der Waals surface area contributed by atoms with Crippen molar-refractivity contribution >= 4 is 17.9 Å². The normalized spacial score (nSPS) is 14.2. The molecule has 0 radical (unpaired) electrons. The van der Waals surface area contributed by atoms with Crippen LogP contribution in [0.3, 0.4) is 0 Å². The van der Waals surface area contributed by atoms with Gasteiger partial charge in [0, 0.05) is 5.56 Å². The molecule has 0 unspecified atom stereocenters. The minimum atomic E-state index is -1.10. The number of halogens is 1. The molecular weight excluding hydrogens is 392 g/mol. The molecule has 5 nitrogen and oxygen atoms in total. The summed E-state index contributed by atoms with van der Waals surface area (Å²) in [5.74, 6) is -0.429. The van der Waals surface area contributed by atoms with E-state index in [-0.39, 0.29) is 34.1 Å². The molecular formula is C23H33ClO5. The van der Waals surface area contributed by atoms with Crippen LogP contribution in [-0.2, 0) is 6.42 Å². The van der Waals surface area contributed by atoms with Crippen molar-refractivity contribution in [3.63, 3.8) is 0 Å². The van der Waals surface area contributed by atoms with Gasteiger partial charge in [-0.2, -0.15) is 0 Å². The predicted molar refractivity (Wildman–Crippen MR) is 117 cm³/mol. The van der Waals surface area contributed by atoms with E-state index >= 15 is 0 Å². The smallest absolute Gasteiger partial charge is 0.154 e. The summed E-state index contributed by atoms with van der Waals surface area (Å²) >= 11 is 6.07. The number of aliphatic hydroxyl groups excluding tert-OH is 1. The summed E-state index contributed by atoms with van der Waals surface area (Å²) in [6.45, 7) is 8.73. The van der Waals surface area contributed by atoms with Gasteiger partial charge >= 0.3 is 0 Å². The first-order valence-corrected chi connectivity index (χ1v) is 10.2. The molecule has 0 aromatic heterocycles. The predicted octanol–water partition coefficient (Wildman–Crippen LogP) is 5.00. The average Bonchev–Trinajstić information content (AvgIpc) is 2.64. The van der Waals surface area contributed by atoms with Crippen molar-refractivity contribution < 1.29 is 25.2 Å². The van der Waals surface area contributed by atoms with E-state index in [1.807, 2.05) is 19.9 Å². The van der Waals surface area contributed by atoms with Crippen LogP contribution >= 0.6 is 11.6 Å². The van der Waals surface area contributed by atoms with Gasteiger partial charge in [-0.15, -0.1) is 0 Å². The second kappa shape index (κ2) is 10.8. The van der Waals surface area contributed by atoms with Gasteiger partial charge in [0.1, 0.15) is 11.5 Å². The Morgan fingerprint density at radius 1 is 1.10 bits per heavy atom. The fourth-order valence-electron chi connectivity index (χ4n) is 2.96. The molecule has 162 valence electrons. The Bertz CT molecular complexity index is 788. The van der Waals surface area contributed by atoms with Gasteiger partial charge < -0.3 is 20.4 Å². The van der Waals surface area contributed by atoms with Gasteiger partial charge in [-0.1, -0.05) is 34.9 Å². The van der Waals surface area contributed by atoms with E-state index in [1.165, 1.54) is 0 Å². The number of hydrogen-bond acceptors (Lipinski definition) is 5. The van der Waals surface area contributed by atoms with Crippen molar-refractivity contribution in [2.45, 2.75) is 78.4 Å². The van der Waals surface area contributed by atoms with E-state index in [0.717, 1.165) is 24.0 Å². The summed E-state index contributed by atoms with van der Waals surface area (Å²) in [5, 5.41) is 40.2. The standard InChI is InChI=1S/C23H33ClO5/c1-14(7-6-8-15(2)10-12-19(26)23(4,5)29)9-11-17-21(27)18(13-25)16(3)20(24)22(17)28/h8-9,13,19,26-29H,6-7,10-12H2,1-5H3/b14-9+,15-8+/t19-/m0/s1. The molecule has 0 bridgehead atoms. The molecule has 0 aliphatic heterocycles. The highest BCUT2D eigenvalue weighted by Gasteiger charge is 2.23. The van der Waals surface area contributed by atoms with Crippen LogP contribution in [0.15, 0.2) is 23.3 Å². The number of aldehydes is 1. The molecule has 0 aliphatic rings. The SMILES string of the molecule is C/C(=C\Cc1c(O)c(Cl)c(C)c(C=O)c1O)CC/C=C(\C)CC[C@H](O)C(C)(C)O. The zero-order chi connectivity index (χ0) is 22.4. The second-order valence-corrected chi connectivity index (χ2v) is 8.58. The van der Waals surface area contributed by atoms with Crippen LogP contribution in [0.4, 0.5) is 0 Å². The van der Waals surface area contributed by atoms with E-state index in [2.05, 4.69) is 6.08 Å². The quantitative estimate of drug-likeness (QED) is 0.313. The van der Waals surface area contributed by atoms with Crippen molar-refractivity contribution in [1.29, 1.82) is 0 Å². The molecule has 1 aromatic carbocycles. The number of aliphatic hydroxyl groups is 2. The molecule has 0 fully saturated rings. The molecule has 0 aliphatic carbocycles. The van der Waals surface area contributed by atoms with Gasteiger partial charge in [-0.3, -0.25) is 4.79 Å². The first kappa shape index (κ1) is 25.2. The van der Waals surface area contributed by atoms with Crippen molar-refractivity contribution in [2.75, 3.05) is 0 Å². The van der Waals surface area contributed by atoms with Crippen LogP contribution in [0.25, 0.3) is 0 Å². The Labute approximate surface area is 178 Å².